The minimum atomic E-state index is 0.123. The van der Waals surface area contributed by atoms with Crippen LogP contribution < -0.4 is 5.32 Å². The van der Waals surface area contributed by atoms with Crippen LogP contribution in [0.3, 0.4) is 0 Å². The first-order chi connectivity index (χ1) is 8.13. The Hall–Kier alpha value is -0.290. The van der Waals surface area contributed by atoms with Crippen molar-refractivity contribution in [2.75, 3.05) is 19.6 Å². The van der Waals surface area contributed by atoms with Gasteiger partial charge in [0.2, 0.25) is 0 Å². The summed E-state index contributed by atoms with van der Waals surface area (Å²) in [6.07, 6.45) is 0.837. The van der Waals surface area contributed by atoms with E-state index in [0.717, 1.165) is 22.8 Å². The van der Waals surface area contributed by atoms with E-state index in [9.17, 15) is 0 Å². The molecule has 1 unspecified atom stereocenters. The van der Waals surface area contributed by atoms with Gasteiger partial charge in [-0.05, 0) is 6.42 Å². The van der Waals surface area contributed by atoms with Gasteiger partial charge >= 0.3 is 0 Å². The summed E-state index contributed by atoms with van der Waals surface area (Å²) in [6, 6.07) is 0.123. The van der Waals surface area contributed by atoms with Crippen molar-refractivity contribution in [2.24, 2.45) is 7.05 Å². The molecular weight excluding hydrogens is 261 g/mol. The monoisotopic (exact) mass is 279 g/mol. The third-order valence-electron chi connectivity index (χ3n) is 2.62. The van der Waals surface area contributed by atoms with Gasteiger partial charge in [-0.25, -0.2) is 0 Å². The summed E-state index contributed by atoms with van der Waals surface area (Å²) >= 11 is 12.1. The van der Waals surface area contributed by atoms with Crippen LogP contribution in [0.25, 0.3) is 0 Å². The van der Waals surface area contributed by atoms with E-state index in [-0.39, 0.29) is 6.04 Å². The summed E-state index contributed by atoms with van der Waals surface area (Å²) in [4.78, 5) is 0. The molecule has 17 heavy (non-hydrogen) atoms. The number of nitrogens with zero attached hydrogens (tertiary/aromatic N) is 2. The molecule has 0 spiro atoms. The number of halogens is 2. The second-order valence-electron chi connectivity index (χ2n) is 3.87. The molecule has 0 bridgehead atoms. The number of alkyl halides is 1. The number of ether oxygens (including phenoxy) is 1. The number of hydrogen-bond acceptors (Lipinski definition) is 3. The topological polar surface area (TPSA) is 39.1 Å². The van der Waals surface area contributed by atoms with Crippen LogP contribution >= 0.6 is 23.2 Å². The fourth-order valence-electron chi connectivity index (χ4n) is 1.61. The SMILES string of the molecule is CCc1nn(C)c(CNC(CCl)COC)c1Cl. The Kier molecular flexibility index (Phi) is 6.27. The second kappa shape index (κ2) is 7.21. The highest BCUT2D eigenvalue weighted by Crippen LogP contribution is 2.20. The molecule has 1 rings (SSSR count). The van der Waals surface area contributed by atoms with Gasteiger partial charge in [0.1, 0.15) is 0 Å². The van der Waals surface area contributed by atoms with Gasteiger partial charge in [-0.3, -0.25) is 4.68 Å². The van der Waals surface area contributed by atoms with Crippen molar-refractivity contribution < 1.29 is 4.74 Å². The molecule has 0 fully saturated rings. The van der Waals surface area contributed by atoms with Gasteiger partial charge in [-0.1, -0.05) is 18.5 Å². The highest BCUT2D eigenvalue weighted by atomic mass is 35.5. The Morgan fingerprint density at radius 3 is 2.71 bits per heavy atom. The van der Waals surface area contributed by atoms with E-state index in [1.165, 1.54) is 0 Å². The molecular formula is C11H19Cl2N3O. The first-order valence-electron chi connectivity index (χ1n) is 5.62. The predicted octanol–water partition coefficient (Wildman–Crippen LogP) is 1.98. The Labute approximate surface area is 112 Å². The van der Waals surface area contributed by atoms with Gasteiger partial charge in [0.15, 0.2) is 0 Å². The summed E-state index contributed by atoms with van der Waals surface area (Å²) in [7, 11) is 3.56. The average Bonchev–Trinajstić information content (AvgIpc) is 2.60. The molecule has 4 nitrogen and oxygen atoms in total. The van der Waals surface area contributed by atoms with E-state index in [4.69, 9.17) is 27.9 Å². The predicted molar refractivity (Wildman–Crippen MR) is 70.8 cm³/mol. The molecule has 1 N–H and O–H groups in total. The van der Waals surface area contributed by atoms with Crippen LogP contribution in [0, 0.1) is 0 Å². The second-order valence-corrected chi connectivity index (χ2v) is 4.56. The maximum Gasteiger partial charge on any atom is 0.0863 e. The minimum absolute atomic E-state index is 0.123. The third-order valence-corrected chi connectivity index (χ3v) is 3.42. The average molecular weight is 280 g/mol. The zero-order chi connectivity index (χ0) is 12.8. The first kappa shape index (κ1) is 14.8. The van der Waals surface area contributed by atoms with Crippen LogP contribution in [0.5, 0.6) is 0 Å². The van der Waals surface area contributed by atoms with E-state index in [1.807, 2.05) is 18.7 Å². The number of hydrogen-bond donors (Lipinski definition) is 1. The largest absolute Gasteiger partial charge is 0.383 e. The Morgan fingerprint density at radius 2 is 2.24 bits per heavy atom. The van der Waals surface area contributed by atoms with Crippen molar-refractivity contribution in [3.05, 3.63) is 16.4 Å². The summed E-state index contributed by atoms with van der Waals surface area (Å²) in [5.74, 6) is 0.504. The fourth-order valence-corrected chi connectivity index (χ4v) is 2.17. The van der Waals surface area contributed by atoms with E-state index in [2.05, 4.69) is 10.4 Å². The van der Waals surface area contributed by atoms with Crippen LogP contribution in [0.1, 0.15) is 18.3 Å². The molecule has 1 heterocycles. The smallest absolute Gasteiger partial charge is 0.0863 e. The molecule has 0 aliphatic heterocycles. The van der Waals surface area contributed by atoms with Crippen LogP contribution in [0.15, 0.2) is 0 Å². The molecule has 0 saturated carbocycles. The van der Waals surface area contributed by atoms with Crippen molar-refractivity contribution in [1.29, 1.82) is 0 Å². The van der Waals surface area contributed by atoms with Crippen molar-refractivity contribution in [2.45, 2.75) is 25.9 Å². The van der Waals surface area contributed by atoms with Crippen LogP contribution in [-0.4, -0.2) is 35.4 Å². The highest BCUT2D eigenvalue weighted by molar-refractivity contribution is 6.31. The van der Waals surface area contributed by atoms with Gasteiger partial charge in [0.25, 0.3) is 0 Å². The van der Waals surface area contributed by atoms with Crippen LogP contribution in [-0.2, 0) is 24.8 Å². The zero-order valence-electron chi connectivity index (χ0n) is 10.5. The Morgan fingerprint density at radius 1 is 1.53 bits per heavy atom. The van der Waals surface area contributed by atoms with Crippen LogP contribution in [0.4, 0.5) is 0 Å². The minimum Gasteiger partial charge on any atom is -0.383 e. The van der Waals surface area contributed by atoms with Crippen molar-refractivity contribution in [3.8, 4) is 0 Å². The van der Waals surface area contributed by atoms with Crippen molar-refractivity contribution in [1.82, 2.24) is 15.1 Å². The molecule has 1 aromatic rings. The standard InChI is InChI=1S/C11H19Cl2N3O/c1-4-9-11(13)10(16(2)15-9)6-14-8(5-12)7-17-3/h8,14H,4-7H2,1-3H3. The quantitative estimate of drug-likeness (QED) is 0.776. The molecule has 1 aromatic heterocycles. The number of aryl methyl sites for hydroxylation is 2. The fraction of sp³-hybridized carbons (Fsp3) is 0.727. The van der Waals surface area contributed by atoms with Crippen molar-refractivity contribution in [3.63, 3.8) is 0 Å². The van der Waals surface area contributed by atoms with E-state index < -0.39 is 0 Å². The van der Waals surface area contributed by atoms with Gasteiger partial charge in [0.05, 0.1) is 23.0 Å². The molecule has 0 radical (unpaired) electrons. The third kappa shape index (κ3) is 3.85. The molecule has 0 aliphatic rings. The highest BCUT2D eigenvalue weighted by Gasteiger charge is 2.14. The summed E-state index contributed by atoms with van der Waals surface area (Å²) in [6.45, 7) is 3.26. The van der Waals surface area contributed by atoms with Gasteiger partial charge in [-0.15, -0.1) is 11.6 Å². The number of rotatable bonds is 7. The Balaban J connectivity index is 2.65. The summed E-state index contributed by atoms with van der Waals surface area (Å²) in [5, 5.41) is 8.41. The number of aromatic nitrogens is 2. The Bertz CT molecular complexity index is 355. The lowest BCUT2D eigenvalue weighted by Gasteiger charge is -2.15. The molecule has 6 heteroatoms. The van der Waals surface area contributed by atoms with E-state index >= 15 is 0 Å². The van der Waals surface area contributed by atoms with Crippen LogP contribution in [0.2, 0.25) is 5.02 Å². The van der Waals surface area contributed by atoms with Gasteiger partial charge in [-0.2, -0.15) is 5.10 Å². The van der Waals surface area contributed by atoms with E-state index in [1.54, 1.807) is 7.11 Å². The summed E-state index contributed by atoms with van der Waals surface area (Å²) in [5.41, 5.74) is 1.91. The summed E-state index contributed by atoms with van der Waals surface area (Å²) < 4.78 is 6.88. The number of nitrogens with one attached hydrogen (secondary N) is 1. The number of methoxy groups -OCH3 is 1. The zero-order valence-corrected chi connectivity index (χ0v) is 12.0. The normalized spacial score (nSPS) is 13.0. The maximum atomic E-state index is 6.25. The van der Waals surface area contributed by atoms with E-state index in [0.29, 0.717) is 19.0 Å². The van der Waals surface area contributed by atoms with Crippen molar-refractivity contribution >= 4 is 23.2 Å². The lowest BCUT2D eigenvalue weighted by Crippen LogP contribution is -2.34. The lowest BCUT2D eigenvalue weighted by atomic mass is 10.3. The molecule has 0 aromatic carbocycles. The maximum absolute atomic E-state index is 6.25. The molecule has 1 atom stereocenters. The molecule has 0 saturated heterocycles. The van der Waals surface area contributed by atoms with Gasteiger partial charge < -0.3 is 10.1 Å². The first-order valence-corrected chi connectivity index (χ1v) is 6.53. The molecule has 0 amide bonds. The molecule has 0 aliphatic carbocycles. The molecule has 98 valence electrons. The van der Waals surface area contributed by atoms with Gasteiger partial charge in [0, 0.05) is 32.6 Å². The lowest BCUT2D eigenvalue weighted by molar-refractivity contribution is 0.172.